The van der Waals surface area contributed by atoms with Gasteiger partial charge < -0.3 is 10.2 Å². The van der Waals surface area contributed by atoms with Crippen molar-refractivity contribution in [2.24, 2.45) is 39.4 Å². The molecule has 0 bridgehead atoms. The summed E-state index contributed by atoms with van der Waals surface area (Å²) in [5.41, 5.74) is 3.50. The minimum Gasteiger partial charge on any atom is -0.393 e. The van der Waals surface area contributed by atoms with E-state index < -0.39 is 0 Å². The van der Waals surface area contributed by atoms with Crippen LogP contribution < -0.4 is 0 Å². The van der Waals surface area contributed by atoms with E-state index in [-0.39, 0.29) is 39.8 Å². The van der Waals surface area contributed by atoms with Crippen LogP contribution >= 0.6 is 0 Å². The molecular formula is C30H48O3. The van der Waals surface area contributed by atoms with Crippen LogP contribution in [0.4, 0.5) is 0 Å². The maximum atomic E-state index is 14.0. The number of hydrogen-bond acceptors (Lipinski definition) is 3. The number of fused-ring (bicyclic) bond motifs is 4. The third kappa shape index (κ3) is 3.46. The quantitative estimate of drug-likeness (QED) is 0.467. The van der Waals surface area contributed by atoms with Crippen LogP contribution in [-0.4, -0.2) is 28.2 Å². The second-order valence-electron chi connectivity index (χ2n) is 13.7. The molecule has 0 heterocycles. The molecular weight excluding hydrogens is 408 g/mol. The van der Waals surface area contributed by atoms with Gasteiger partial charge in [-0.05, 0) is 98.2 Å². The van der Waals surface area contributed by atoms with Gasteiger partial charge in [-0.1, -0.05) is 58.8 Å². The average molecular weight is 457 g/mol. The fraction of sp³-hybridized carbons (Fsp3) is 0.833. The number of hydrogen-bond donors (Lipinski definition) is 2. The molecule has 3 nitrogen and oxygen atoms in total. The first-order chi connectivity index (χ1) is 15.2. The van der Waals surface area contributed by atoms with Gasteiger partial charge in [0.15, 0.2) is 5.78 Å². The summed E-state index contributed by atoms with van der Waals surface area (Å²) in [4.78, 5) is 14.0. The van der Waals surface area contributed by atoms with Crippen LogP contribution in [0.2, 0.25) is 0 Å². The van der Waals surface area contributed by atoms with Gasteiger partial charge in [-0.25, -0.2) is 0 Å². The van der Waals surface area contributed by atoms with Crippen LogP contribution in [0.5, 0.6) is 0 Å². The number of ketones is 1. The molecule has 4 aliphatic carbocycles. The molecule has 0 aromatic heterocycles. The van der Waals surface area contributed by atoms with E-state index in [0.717, 1.165) is 44.1 Å². The minimum absolute atomic E-state index is 0.0274. The van der Waals surface area contributed by atoms with E-state index in [0.29, 0.717) is 30.5 Å². The molecule has 1 unspecified atom stereocenters. The van der Waals surface area contributed by atoms with Crippen molar-refractivity contribution in [1.29, 1.82) is 0 Å². The van der Waals surface area contributed by atoms with Gasteiger partial charge in [-0.2, -0.15) is 0 Å². The highest BCUT2D eigenvalue weighted by atomic mass is 16.3. The Balaban J connectivity index is 1.73. The highest BCUT2D eigenvalue weighted by molar-refractivity contribution is 5.99. The molecule has 0 aromatic rings. The van der Waals surface area contributed by atoms with E-state index in [1.165, 1.54) is 11.1 Å². The normalized spacial score (nSPS) is 43.9. The lowest BCUT2D eigenvalue weighted by Crippen LogP contribution is -2.57. The molecule has 8 atom stereocenters. The first kappa shape index (κ1) is 25.2. The molecule has 0 radical (unpaired) electrons. The summed E-state index contributed by atoms with van der Waals surface area (Å²) >= 11 is 0. The van der Waals surface area contributed by atoms with Crippen molar-refractivity contribution in [2.45, 2.75) is 119 Å². The zero-order valence-corrected chi connectivity index (χ0v) is 22.4. The van der Waals surface area contributed by atoms with Crippen LogP contribution in [0.3, 0.4) is 0 Å². The Morgan fingerprint density at radius 2 is 1.76 bits per heavy atom. The zero-order chi connectivity index (χ0) is 24.6. The average Bonchev–Trinajstić information content (AvgIpc) is 2.99. The van der Waals surface area contributed by atoms with Crippen LogP contribution in [0.25, 0.3) is 0 Å². The van der Waals surface area contributed by atoms with Gasteiger partial charge in [-0.3, -0.25) is 4.79 Å². The summed E-state index contributed by atoms with van der Waals surface area (Å²) in [7, 11) is 0. The third-order valence-electron chi connectivity index (χ3n) is 11.5. The van der Waals surface area contributed by atoms with Gasteiger partial charge in [0, 0.05) is 12.0 Å². The number of carbonyl (C=O) groups is 1. The number of Topliss-reactive ketones (excluding diaryl/α,β-unsaturated/α-hetero) is 1. The number of allylic oxidation sites excluding steroid dienone is 3. The molecule has 0 spiro atoms. The van der Waals surface area contributed by atoms with Crippen molar-refractivity contribution in [2.75, 3.05) is 0 Å². The van der Waals surface area contributed by atoms with E-state index in [9.17, 15) is 15.0 Å². The molecule has 2 saturated carbocycles. The summed E-state index contributed by atoms with van der Waals surface area (Å²) in [5, 5.41) is 21.8. The molecule has 4 rings (SSSR count). The van der Waals surface area contributed by atoms with Gasteiger partial charge in [0.1, 0.15) is 0 Å². The van der Waals surface area contributed by atoms with E-state index in [1.807, 2.05) is 0 Å². The highest BCUT2D eigenvalue weighted by Gasteiger charge is 2.65. The Hall–Kier alpha value is -0.930. The van der Waals surface area contributed by atoms with Gasteiger partial charge in [0.25, 0.3) is 0 Å². The Morgan fingerprint density at radius 1 is 1.09 bits per heavy atom. The Bertz CT molecular complexity index is 877. The molecule has 2 N–H and O–H groups in total. The van der Waals surface area contributed by atoms with Crippen LogP contribution in [0.1, 0.15) is 107 Å². The second kappa shape index (κ2) is 8.05. The fourth-order valence-electron chi connectivity index (χ4n) is 9.21. The van der Waals surface area contributed by atoms with Crippen LogP contribution in [0.15, 0.2) is 22.8 Å². The predicted molar refractivity (Wildman–Crippen MR) is 135 cm³/mol. The number of aliphatic hydroxyl groups excluding tert-OH is 2. The van der Waals surface area contributed by atoms with Gasteiger partial charge in [0.05, 0.1) is 12.2 Å². The van der Waals surface area contributed by atoms with Crippen molar-refractivity contribution >= 4 is 5.78 Å². The topological polar surface area (TPSA) is 57.5 Å². The summed E-state index contributed by atoms with van der Waals surface area (Å²) in [5.74, 6) is 1.25. The van der Waals surface area contributed by atoms with Crippen LogP contribution in [0, 0.1) is 39.4 Å². The van der Waals surface area contributed by atoms with Gasteiger partial charge in [0.2, 0.25) is 0 Å². The first-order valence-electron chi connectivity index (χ1n) is 13.5. The number of carbonyl (C=O) groups excluding carboxylic acids is 1. The molecule has 33 heavy (non-hydrogen) atoms. The fourth-order valence-corrected chi connectivity index (χ4v) is 9.21. The lowest BCUT2D eigenvalue weighted by atomic mass is 9.43. The molecule has 4 aliphatic rings. The smallest absolute Gasteiger partial charge is 0.159 e. The SMILES string of the molecule is CC(C)=CCC(O)[C@@H](C)[C@H]1CC[C@@]2(C)C3=C(C(=O)C[C@]12C)[C@@]1(C)CC[C@H](O)C(C)(C)[C@@H]1CC3. The molecule has 186 valence electrons. The zero-order valence-electron chi connectivity index (χ0n) is 22.4. The highest BCUT2D eigenvalue weighted by Crippen LogP contribution is 2.71. The Morgan fingerprint density at radius 3 is 2.39 bits per heavy atom. The third-order valence-corrected chi connectivity index (χ3v) is 11.5. The van der Waals surface area contributed by atoms with E-state index >= 15 is 0 Å². The second-order valence-corrected chi connectivity index (χ2v) is 13.7. The molecule has 0 saturated heterocycles. The molecule has 3 heteroatoms. The van der Waals surface area contributed by atoms with Crippen molar-refractivity contribution in [3.63, 3.8) is 0 Å². The lowest BCUT2D eigenvalue weighted by Gasteiger charge is -2.61. The molecule has 0 aliphatic heterocycles. The van der Waals surface area contributed by atoms with Crippen molar-refractivity contribution in [3.8, 4) is 0 Å². The number of aliphatic hydroxyl groups is 2. The monoisotopic (exact) mass is 456 g/mol. The van der Waals surface area contributed by atoms with Crippen LogP contribution in [-0.2, 0) is 4.79 Å². The largest absolute Gasteiger partial charge is 0.393 e. The summed E-state index contributed by atoms with van der Waals surface area (Å²) in [6.07, 6.45) is 8.79. The maximum Gasteiger partial charge on any atom is 0.159 e. The maximum absolute atomic E-state index is 14.0. The van der Waals surface area contributed by atoms with Gasteiger partial charge in [-0.15, -0.1) is 0 Å². The van der Waals surface area contributed by atoms with E-state index in [4.69, 9.17) is 0 Å². The Labute approximate surface area is 202 Å². The first-order valence-corrected chi connectivity index (χ1v) is 13.5. The molecule has 2 fully saturated rings. The Kier molecular flexibility index (Phi) is 6.14. The standard InChI is InChI=1S/C30H48O3/c1-18(2)9-11-22(31)19(3)20-13-16-29(7)21-10-12-24-27(4,5)25(33)14-15-28(24,6)26(21)23(32)17-30(20,29)8/h9,19-20,22,24-25,31,33H,10-17H2,1-8H3/t19-,20+,22?,24-,25-,28-,29-,30+/m0/s1. The summed E-state index contributed by atoms with van der Waals surface area (Å²) in [6, 6.07) is 0. The molecule has 0 aromatic carbocycles. The van der Waals surface area contributed by atoms with Gasteiger partial charge >= 0.3 is 0 Å². The molecule has 0 amide bonds. The minimum atomic E-state index is -0.358. The van der Waals surface area contributed by atoms with E-state index in [2.05, 4.69) is 61.5 Å². The van der Waals surface area contributed by atoms with Crippen molar-refractivity contribution in [1.82, 2.24) is 0 Å². The lowest BCUT2D eigenvalue weighted by molar-refractivity contribution is -0.132. The van der Waals surface area contributed by atoms with Crippen molar-refractivity contribution in [3.05, 3.63) is 22.8 Å². The van der Waals surface area contributed by atoms with E-state index in [1.54, 1.807) is 0 Å². The summed E-state index contributed by atoms with van der Waals surface area (Å²) < 4.78 is 0. The number of rotatable bonds is 4. The summed E-state index contributed by atoms with van der Waals surface area (Å²) in [6.45, 7) is 17.9. The predicted octanol–water partition coefficient (Wildman–Crippen LogP) is 6.63. The van der Waals surface area contributed by atoms with Crippen molar-refractivity contribution < 1.29 is 15.0 Å².